The van der Waals surface area contributed by atoms with E-state index in [0.29, 0.717) is 18.9 Å². The Balaban J connectivity index is 3.02. The van der Waals surface area contributed by atoms with Crippen LogP contribution in [0.1, 0.15) is 65.7 Å². The number of aliphatic hydroxyl groups is 1. The van der Waals surface area contributed by atoms with Gasteiger partial charge in [0.1, 0.15) is 5.75 Å². The summed E-state index contributed by atoms with van der Waals surface area (Å²) >= 11 is 0. The predicted molar refractivity (Wildman–Crippen MR) is 118 cm³/mol. The average molecular weight is 426 g/mol. The molecule has 2 N–H and O–H groups in total. The molecule has 1 rings (SSSR count). The maximum atomic E-state index is 11.0. The van der Waals surface area contributed by atoms with Crippen molar-refractivity contribution in [3.05, 3.63) is 29.3 Å². The second kappa shape index (κ2) is 10.1. The molecule has 0 heterocycles. The fourth-order valence-corrected chi connectivity index (χ4v) is 3.18. The lowest BCUT2D eigenvalue weighted by atomic mass is 10.0. The highest BCUT2D eigenvalue weighted by molar-refractivity contribution is 6.74. The van der Waals surface area contributed by atoms with Crippen molar-refractivity contribution in [3.8, 4) is 5.75 Å². The number of ether oxygens (including phenoxy) is 2. The highest BCUT2D eigenvalue weighted by Crippen LogP contribution is 2.37. The minimum Gasteiger partial charge on any atom is -0.457 e. The van der Waals surface area contributed by atoms with Crippen LogP contribution in [0.15, 0.2) is 18.2 Å². The molecule has 1 aromatic carbocycles. The van der Waals surface area contributed by atoms with Crippen molar-refractivity contribution in [2.75, 3.05) is 13.3 Å². The number of carbonyl (C=O) groups is 1. The predicted octanol–water partition coefficient (Wildman–Crippen LogP) is 4.53. The van der Waals surface area contributed by atoms with Crippen molar-refractivity contribution in [3.63, 3.8) is 0 Å². The third-order valence-corrected chi connectivity index (χ3v) is 9.64. The summed E-state index contributed by atoms with van der Waals surface area (Å²) in [5.41, 5.74) is 1.53. The molecule has 1 aromatic rings. The van der Waals surface area contributed by atoms with Crippen molar-refractivity contribution < 1.29 is 23.8 Å². The SMILES string of the molecule is CC(=O)OCOc1ccc(C(O)CNC(C)(C)C)cc1CO[Si](C)(C)C(C)(C)C. The fourth-order valence-electron chi connectivity index (χ4n) is 2.23. The van der Waals surface area contributed by atoms with Gasteiger partial charge < -0.3 is 24.3 Å². The van der Waals surface area contributed by atoms with Crippen molar-refractivity contribution in [1.29, 1.82) is 0 Å². The van der Waals surface area contributed by atoms with Gasteiger partial charge in [0.25, 0.3) is 0 Å². The number of hydrogen-bond acceptors (Lipinski definition) is 6. The zero-order valence-corrected chi connectivity index (χ0v) is 20.5. The Morgan fingerprint density at radius 1 is 1.17 bits per heavy atom. The smallest absolute Gasteiger partial charge is 0.305 e. The van der Waals surface area contributed by atoms with E-state index in [2.05, 4.69) is 60.0 Å². The van der Waals surface area contributed by atoms with Crippen LogP contribution in [0.25, 0.3) is 0 Å². The standard InChI is InChI=1S/C22H39NO5Si/c1-16(24)26-15-27-20-11-10-17(19(25)13-23-21(2,3)4)12-18(20)14-28-29(8,9)22(5,6)7/h10-12,19,23,25H,13-15H2,1-9H3. The zero-order chi connectivity index (χ0) is 22.5. The Labute approximate surface area is 177 Å². The number of hydrogen-bond donors (Lipinski definition) is 2. The van der Waals surface area contributed by atoms with Gasteiger partial charge in [-0.15, -0.1) is 0 Å². The van der Waals surface area contributed by atoms with Crippen molar-refractivity contribution in [2.45, 2.75) is 84.8 Å². The normalized spacial score (nSPS) is 13.9. The van der Waals surface area contributed by atoms with E-state index in [0.717, 1.165) is 11.1 Å². The van der Waals surface area contributed by atoms with E-state index in [1.165, 1.54) is 6.92 Å². The van der Waals surface area contributed by atoms with Crippen LogP contribution in [-0.4, -0.2) is 38.3 Å². The minimum absolute atomic E-state index is 0.0810. The topological polar surface area (TPSA) is 77.0 Å². The molecule has 0 spiro atoms. The Morgan fingerprint density at radius 2 is 1.79 bits per heavy atom. The van der Waals surface area contributed by atoms with Gasteiger partial charge >= 0.3 is 5.97 Å². The molecule has 166 valence electrons. The molecule has 0 aromatic heterocycles. The zero-order valence-electron chi connectivity index (χ0n) is 19.5. The monoisotopic (exact) mass is 425 g/mol. The van der Waals surface area contributed by atoms with Crippen molar-refractivity contribution in [1.82, 2.24) is 5.32 Å². The Morgan fingerprint density at radius 3 is 2.31 bits per heavy atom. The molecule has 0 saturated carbocycles. The highest BCUT2D eigenvalue weighted by Gasteiger charge is 2.37. The highest BCUT2D eigenvalue weighted by atomic mass is 28.4. The summed E-state index contributed by atoms with van der Waals surface area (Å²) in [7, 11) is -1.96. The number of nitrogens with one attached hydrogen (secondary N) is 1. The summed E-state index contributed by atoms with van der Waals surface area (Å²) in [6.45, 7) is 19.1. The molecule has 0 amide bonds. The fraction of sp³-hybridized carbons (Fsp3) is 0.682. The molecule has 1 unspecified atom stereocenters. The molecule has 1 atom stereocenters. The Kier molecular flexibility index (Phi) is 8.89. The van der Waals surface area contributed by atoms with Crippen LogP contribution in [0.2, 0.25) is 18.1 Å². The largest absolute Gasteiger partial charge is 0.457 e. The van der Waals surface area contributed by atoms with E-state index in [4.69, 9.17) is 13.9 Å². The van der Waals surface area contributed by atoms with Gasteiger partial charge in [0.05, 0.1) is 12.7 Å². The summed E-state index contributed by atoms with van der Waals surface area (Å²) in [5.74, 6) is 0.189. The van der Waals surface area contributed by atoms with Gasteiger partial charge in [-0.25, -0.2) is 0 Å². The van der Waals surface area contributed by atoms with Gasteiger partial charge in [0, 0.05) is 24.6 Å². The minimum atomic E-state index is -1.96. The van der Waals surface area contributed by atoms with Gasteiger partial charge in [-0.1, -0.05) is 26.8 Å². The van der Waals surface area contributed by atoms with Crippen LogP contribution in [0, 0.1) is 0 Å². The number of rotatable bonds is 9. The molecule has 0 aliphatic carbocycles. The van der Waals surface area contributed by atoms with Gasteiger partial charge in [-0.3, -0.25) is 4.79 Å². The van der Waals surface area contributed by atoms with Crippen LogP contribution in [-0.2, 0) is 20.6 Å². The molecule has 0 radical (unpaired) electrons. The molecule has 0 saturated heterocycles. The van der Waals surface area contributed by atoms with E-state index >= 15 is 0 Å². The Bertz CT molecular complexity index is 677. The van der Waals surface area contributed by atoms with E-state index in [1.807, 2.05) is 12.1 Å². The Hall–Kier alpha value is -1.41. The summed E-state index contributed by atoms with van der Waals surface area (Å²) in [6, 6.07) is 5.53. The average Bonchev–Trinajstić information content (AvgIpc) is 2.56. The maximum absolute atomic E-state index is 11.0. The quantitative estimate of drug-likeness (QED) is 0.344. The molecule has 0 aliphatic rings. The number of carbonyl (C=O) groups excluding carboxylic acids is 1. The van der Waals surface area contributed by atoms with Gasteiger partial charge in [0.2, 0.25) is 6.79 Å². The van der Waals surface area contributed by atoms with Crippen molar-refractivity contribution >= 4 is 14.3 Å². The van der Waals surface area contributed by atoms with Gasteiger partial charge in [-0.2, -0.15) is 0 Å². The van der Waals surface area contributed by atoms with Crippen LogP contribution in [0.5, 0.6) is 5.75 Å². The molecule has 7 heteroatoms. The van der Waals surface area contributed by atoms with E-state index in [9.17, 15) is 9.90 Å². The lowest BCUT2D eigenvalue weighted by Gasteiger charge is -2.36. The molecule has 0 fully saturated rings. The van der Waals surface area contributed by atoms with Crippen LogP contribution in [0.4, 0.5) is 0 Å². The number of esters is 1. The van der Waals surface area contributed by atoms with E-state index < -0.39 is 20.4 Å². The molecule has 6 nitrogen and oxygen atoms in total. The molecular formula is C22H39NO5Si. The lowest BCUT2D eigenvalue weighted by molar-refractivity contribution is -0.147. The van der Waals surface area contributed by atoms with Crippen LogP contribution in [0.3, 0.4) is 0 Å². The first kappa shape index (κ1) is 25.6. The van der Waals surface area contributed by atoms with E-state index in [1.54, 1.807) is 6.07 Å². The molecule has 0 aliphatic heterocycles. The maximum Gasteiger partial charge on any atom is 0.305 e. The summed E-state index contributed by atoms with van der Waals surface area (Å²) in [6.07, 6.45) is -0.650. The summed E-state index contributed by atoms with van der Waals surface area (Å²) in [4.78, 5) is 11.0. The third kappa shape index (κ3) is 8.86. The number of β-amino-alcohol motifs (C(OH)–C–C–N with tert-alkyl or cyclic N) is 1. The van der Waals surface area contributed by atoms with Crippen LogP contribution < -0.4 is 10.1 Å². The first-order valence-electron chi connectivity index (χ1n) is 10.1. The second-order valence-corrected chi connectivity index (χ2v) is 14.8. The number of benzene rings is 1. The first-order chi connectivity index (χ1) is 13.1. The van der Waals surface area contributed by atoms with E-state index in [-0.39, 0.29) is 17.4 Å². The summed E-state index contributed by atoms with van der Waals surface area (Å²) < 4.78 is 16.9. The first-order valence-corrected chi connectivity index (χ1v) is 13.0. The van der Waals surface area contributed by atoms with Gasteiger partial charge in [-0.05, 0) is 56.6 Å². The van der Waals surface area contributed by atoms with Crippen LogP contribution >= 0.6 is 0 Å². The molecule has 0 bridgehead atoms. The second-order valence-electron chi connectivity index (χ2n) is 9.96. The third-order valence-electron chi connectivity index (χ3n) is 5.17. The lowest BCUT2D eigenvalue weighted by Crippen LogP contribution is -2.40. The van der Waals surface area contributed by atoms with Crippen molar-refractivity contribution in [2.24, 2.45) is 0 Å². The molecule has 29 heavy (non-hydrogen) atoms. The summed E-state index contributed by atoms with van der Waals surface area (Å²) in [5, 5.41) is 14.0. The van der Waals surface area contributed by atoms with Gasteiger partial charge in [0.15, 0.2) is 8.32 Å². The number of aliphatic hydroxyl groups excluding tert-OH is 1. The molecular weight excluding hydrogens is 386 g/mol.